The summed E-state index contributed by atoms with van der Waals surface area (Å²) in [5, 5.41) is 23.0. The van der Waals surface area contributed by atoms with Crippen molar-refractivity contribution in [3.63, 3.8) is 0 Å². The van der Waals surface area contributed by atoms with Crippen molar-refractivity contribution < 1.29 is 53.1 Å². The zero-order valence-electron chi connectivity index (χ0n) is 45.5. The van der Waals surface area contributed by atoms with Gasteiger partial charge in [-0.3, -0.25) is 52.9 Å². The second-order valence-electron chi connectivity index (χ2n) is 20.3. The number of likely N-dealkylation sites (N-methyl/N-ethyl adjacent to an activating group) is 1. The molecule has 434 valence electrons. The number of nitrogens with one attached hydrogen (secondary N) is 5. The van der Waals surface area contributed by atoms with Crippen LogP contribution in [0, 0.1) is 5.92 Å². The maximum atomic E-state index is 14.7. The number of aromatic hydroxyl groups is 1. The summed E-state index contributed by atoms with van der Waals surface area (Å²) in [6.45, 7) is 3.76. The van der Waals surface area contributed by atoms with E-state index in [1.807, 2.05) is 13.8 Å². The highest BCUT2D eigenvalue weighted by atomic mass is 16.3. The summed E-state index contributed by atoms with van der Waals surface area (Å²) in [4.78, 5) is 143. The number of carbonyl (C=O) groups is 10. The van der Waals surface area contributed by atoms with Crippen LogP contribution in [0.1, 0.15) is 88.3 Å². The van der Waals surface area contributed by atoms with Gasteiger partial charge in [0.05, 0.1) is 6.04 Å². The van der Waals surface area contributed by atoms with E-state index in [1.165, 1.54) is 29.0 Å². The third-order valence-corrected chi connectivity index (χ3v) is 13.4. The molecule has 1 aliphatic heterocycles. The van der Waals surface area contributed by atoms with Gasteiger partial charge in [0.1, 0.15) is 48.0 Å². The lowest BCUT2D eigenvalue weighted by Crippen LogP contribution is -2.60. The molecular weight excluding hydrogens is 1030 g/mol. The number of amides is 10. The molecule has 0 saturated carbocycles. The number of hydrogen-bond acceptors (Lipinski definition) is 13. The molecule has 0 unspecified atom stereocenters. The monoisotopic (exact) mass is 1110 g/mol. The number of hydrogen-bond donors (Lipinski definition) is 12. The number of carbonyl (C=O) groups excluding carboxylic acids is 10. The quantitative estimate of drug-likeness (QED) is 0.0185. The number of phenolic OH excluding ortho intramolecular Hbond substituents is 1. The number of likely N-dealkylation sites (tertiary alicyclic amines) is 1. The Labute approximate surface area is 465 Å². The zero-order chi connectivity index (χ0) is 59.1. The molecule has 1 saturated heterocycles. The van der Waals surface area contributed by atoms with Gasteiger partial charge in [-0.2, -0.15) is 0 Å². The molecule has 0 aliphatic carbocycles. The molecule has 25 nitrogen and oxygen atoms in total. The number of rotatable bonds is 32. The highest BCUT2D eigenvalue weighted by Crippen LogP contribution is 2.22. The minimum Gasteiger partial charge on any atom is -0.508 e. The Morgan fingerprint density at radius 2 is 1.11 bits per heavy atom. The minimum absolute atomic E-state index is 0.00360. The standard InChI is InChI=1S/C55H78N14O11/c1-32(2)28-44(68(3)53(79)37(56)29-35-18-20-36(70)21-19-35)52(78)67-42(31-34-14-8-5-9-15-34)50(76)65-40(23-25-46(58)72)54(80)69-27-11-17-43(69)51(77)64-39(22-24-45(57)71)49(75)63-38(16-10-26-62-55(60)61)48(74)66-41(47(59)73)30-33-12-6-4-7-13-33/h4-9,12-15,18-21,32,37-44,70H,10-11,16-17,22-31,56H2,1-3H3,(H2,57,71)(H2,58,72)(H2,59,73)(H,63,75)(H,64,77)(H,65,76)(H,66,74)(H,67,78)(H4,60,61,62)/t37-,38-,39-,40-,41-,42-,43-,44-/m0/s1. The molecule has 0 radical (unpaired) electrons. The van der Waals surface area contributed by atoms with Gasteiger partial charge >= 0.3 is 0 Å². The Morgan fingerprint density at radius 1 is 0.625 bits per heavy atom. The SMILES string of the molecule is CC(C)C[C@@H](C(=O)N[C@@H](Cc1ccccc1)C(=O)N[C@@H](CCC(N)=O)C(=O)N1CCC[C@H]1C(=O)N[C@@H](CCC(N)=O)C(=O)N[C@@H](CCCN=C(N)N)C(=O)N[C@@H](Cc1ccccc1)C(N)=O)N(C)C(=O)[C@@H](N)Cc1ccc(O)cc1. The molecule has 3 aromatic rings. The molecule has 25 heteroatoms. The van der Waals surface area contributed by atoms with Crippen LogP contribution >= 0.6 is 0 Å². The van der Waals surface area contributed by atoms with E-state index in [0.717, 1.165) is 0 Å². The normalized spacial score (nSPS) is 15.6. The van der Waals surface area contributed by atoms with Crippen molar-refractivity contribution in [3.05, 3.63) is 102 Å². The van der Waals surface area contributed by atoms with E-state index in [1.54, 1.807) is 72.8 Å². The number of primary amides is 3. The molecule has 0 bridgehead atoms. The molecule has 0 aromatic heterocycles. The summed E-state index contributed by atoms with van der Waals surface area (Å²) >= 11 is 0. The van der Waals surface area contributed by atoms with Crippen LogP contribution in [0.3, 0.4) is 0 Å². The molecule has 80 heavy (non-hydrogen) atoms. The first-order chi connectivity index (χ1) is 37.9. The van der Waals surface area contributed by atoms with Crippen molar-refractivity contribution in [3.8, 4) is 5.75 Å². The van der Waals surface area contributed by atoms with Gasteiger partial charge in [-0.05, 0) is 86.1 Å². The summed E-state index contributed by atoms with van der Waals surface area (Å²) in [6.07, 6.45) is -0.736. The molecule has 0 spiro atoms. The first-order valence-corrected chi connectivity index (χ1v) is 26.6. The van der Waals surface area contributed by atoms with Crippen molar-refractivity contribution >= 4 is 65.0 Å². The van der Waals surface area contributed by atoms with E-state index in [-0.39, 0.29) is 101 Å². The summed E-state index contributed by atoms with van der Waals surface area (Å²) in [6, 6.07) is 13.3. The van der Waals surface area contributed by atoms with Crippen LogP contribution in [-0.2, 0) is 67.2 Å². The second-order valence-corrected chi connectivity index (χ2v) is 20.3. The fraction of sp³-hybridized carbons (Fsp3) is 0.473. The van der Waals surface area contributed by atoms with Gasteiger partial charge in [0.2, 0.25) is 59.1 Å². The highest BCUT2D eigenvalue weighted by molar-refractivity contribution is 5.98. The fourth-order valence-electron chi connectivity index (χ4n) is 9.14. The van der Waals surface area contributed by atoms with Gasteiger partial charge < -0.3 is 75.9 Å². The maximum absolute atomic E-state index is 14.7. The fourth-order valence-corrected chi connectivity index (χ4v) is 9.14. The van der Waals surface area contributed by atoms with Crippen molar-refractivity contribution in [1.29, 1.82) is 0 Å². The number of nitrogens with zero attached hydrogens (tertiary/aromatic N) is 3. The predicted molar refractivity (Wildman–Crippen MR) is 296 cm³/mol. The predicted octanol–water partition coefficient (Wildman–Crippen LogP) is -1.89. The van der Waals surface area contributed by atoms with Crippen molar-refractivity contribution in [2.45, 2.75) is 139 Å². The third-order valence-electron chi connectivity index (χ3n) is 13.4. The van der Waals surface area contributed by atoms with Crippen LogP contribution in [0.2, 0.25) is 0 Å². The summed E-state index contributed by atoms with van der Waals surface area (Å²) in [5.74, 6) is -8.19. The van der Waals surface area contributed by atoms with Crippen LogP contribution in [0.25, 0.3) is 0 Å². The molecule has 1 aliphatic rings. The Kier molecular flexibility index (Phi) is 25.3. The summed E-state index contributed by atoms with van der Waals surface area (Å²) < 4.78 is 0. The third kappa shape index (κ3) is 21.0. The van der Waals surface area contributed by atoms with Crippen molar-refractivity contribution in [2.24, 2.45) is 45.3 Å². The Morgan fingerprint density at radius 3 is 1.65 bits per heavy atom. The van der Waals surface area contributed by atoms with Crippen LogP contribution < -0.4 is 61.0 Å². The number of nitrogens with two attached hydrogens (primary N) is 6. The molecular formula is C55H78N14O11. The second kappa shape index (κ2) is 31.7. The van der Waals surface area contributed by atoms with E-state index in [9.17, 15) is 53.1 Å². The first-order valence-electron chi connectivity index (χ1n) is 26.6. The Balaban J connectivity index is 1.58. The molecule has 10 amide bonds. The lowest BCUT2D eigenvalue weighted by atomic mass is 9.98. The van der Waals surface area contributed by atoms with Gasteiger partial charge in [0.15, 0.2) is 5.96 Å². The molecule has 8 atom stereocenters. The number of aliphatic imine (C=N–C) groups is 1. The Hall–Kier alpha value is -8.61. The average Bonchev–Trinajstić information content (AvgIpc) is 3.91. The molecule has 3 aromatic carbocycles. The molecule has 4 rings (SSSR count). The van der Waals surface area contributed by atoms with E-state index in [4.69, 9.17) is 34.4 Å². The molecule has 1 heterocycles. The smallest absolute Gasteiger partial charge is 0.245 e. The number of benzene rings is 3. The zero-order valence-corrected chi connectivity index (χ0v) is 45.5. The molecule has 1 fully saturated rings. The average molecular weight is 1110 g/mol. The van der Waals surface area contributed by atoms with Gasteiger partial charge in [0, 0.05) is 45.8 Å². The summed E-state index contributed by atoms with van der Waals surface area (Å²) in [7, 11) is 1.44. The van der Waals surface area contributed by atoms with E-state index >= 15 is 0 Å². The molecule has 18 N–H and O–H groups in total. The van der Waals surface area contributed by atoms with Gasteiger partial charge in [-0.15, -0.1) is 0 Å². The number of guanidine groups is 1. The lowest BCUT2D eigenvalue weighted by molar-refractivity contribution is -0.143. The summed E-state index contributed by atoms with van der Waals surface area (Å²) in [5.41, 5.74) is 36.0. The van der Waals surface area contributed by atoms with E-state index < -0.39 is 114 Å². The van der Waals surface area contributed by atoms with Crippen LogP contribution in [0.15, 0.2) is 89.9 Å². The van der Waals surface area contributed by atoms with Crippen molar-refractivity contribution in [2.75, 3.05) is 20.1 Å². The van der Waals surface area contributed by atoms with Crippen molar-refractivity contribution in [1.82, 2.24) is 36.4 Å². The minimum atomic E-state index is -1.51. The van der Waals surface area contributed by atoms with Gasteiger partial charge in [-0.1, -0.05) is 86.6 Å². The van der Waals surface area contributed by atoms with Gasteiger partial charge in [-0.25, -0.2) is 0 Å². The highest BCUT2D eigenvalue weighted by Gasteiger charge is 2.41. The lowest BCUT2D eigenvalue weighted by Gasteiger charge is -2.33. The van der Waals surface area contributed by atoms with Crippen LogP contribution in [0.4, 0.5) is 0 Å². The first kappa shape index (κ1) is 63.9. The van der Waals surface area contributed by atoms with Crippen LogP contribution in [0.5, 0.6) is 5.75 Å². The maximum Gasteiger partial charge on any atom is 0.245 e. The Bertz CT molecular complexity index is 2640. The number of phenols is 1. The van der Waals surface area contributed by atoms with Gasteiger partial charge in [0.25, 0.3) is 0 Å². The topological polar surface area (TPSA) is 426 Å². The van der Waals surface area contributed by atoms with Crippen LogP contribution in [-0.4, -0.2) is 148 Å². The van der Waals surface area contributed by atoms with E-state index in [2.05, 4.69) is 31.6 Å². The van der Waals surface area contributed by atoms with E-state index in [0.29, 0.717) is 16.7 Å². The largest absolute Gasteiger partial charge is 0.508 e.